The highest BCUT2D eigenvalue weighted by Crippen LogP contribution is 2.20. The lowest BCUT2D eigenvalue weighted by molar-refractivity contribution is 0.0831. The maximum absolute atomic E-state index is 5.99. The number of rotatable bonds is 10. The third kappa shape index (κ3) is 6.62. The topological polar surface area (TPSA) is 21.3 Å². The van der Waals surface area contributed by atoms with E-state index in [2.05, 4.69) is 58.1 Å². The Hall–Kier alpha value is -0.860. The van der Waals surface area contributed by atoms with E-state index in [1.807, 2.05) is 0 Å². The second-order valence-electron chi connectivity index (χ2n) is 6.30. The predicted octanol–water partition coefficient (Wildman–Crippen LogP) is 4.80. The van der Waals surface area contributed by atoms with Crippen molar-refractivity contribution < 1.29 is 4.74 Å². The molecule has 0 bridgehead atoms. The molecule has 0 aliphatic heterocycles. The van der Waals surface area contributed by atoms with Crippen molar-refractivity contribution in [2.24, 2.45) is 5.92 Å². The van der Waals surface area contributed by atoms with Crippen LogP contribution in [0.15, 0.2) is 18.2 Å². The minimum Gasteiger partial charge on any atom is -0.379 e. The summed E-state index contributed by atoms with van der Waals surface area (Å²) in [4.78, 5) is 0. The zero-order valence-corrected chi connectivity index (χ0v) is 14.5. The first-order chi connectivity index (χ1) is 10.1. The molecular weight excluding hydrogens is 258 g/mol. The Morgan fingerprint density at radius 2 is 1.86 bits per heavy atom. The zero-order valence-electron chi connectivity index (χ0n) is 14.5. The van der Waals surface area contributed by atoms with Gasteiger partial charge in [0.05, 0.1) is 12.6 Å². The van der Waals surface area contributed by atoms with Crippen molar-refractivity contribution >= 4 is 0 Å². The summed E-state index contributed by atoms with van der Waals surface area (Å²) in [7, 11) is 0. The van der Waals surface area contributed by atoms with Gasteiger partial charge >= 0.3 is 0 Å². The Morgan fingerprint density at radius 1 is 1.10 bits per heavy atom. The van der Waals surface area contributed by atoms with Crippen LogP contribution in [0.3, 0.4) is 0 Å². The summed E-state index contributed by atoms with van der Waals surface area (Å²) in [6.07, 6.45) is 3.63. The highest BCUT2D eigenvalue weighted by molar-refractivity contribution is 5.33. The molecule has 0 amide bonds. The van der Waals surface area contributed by atoms with Gasteiger partial charge in [0.25, 0.3) is 0 Å². The first-order valence-electron chi connectivity index (χ1n) is 8.46. The quantitative estimate of drug-likeness (QED) is 0.669. The van der Waals surface area contributed by atoms with Crippen LogP contribution in [-0.4, -0.2) is 19.8 Å². The van der Waals surface area contributed by atoms with E-state index < -0.39 is 0 Å². The van der Waals surface area contributed by atoms with Crippen molar-refractivity contribution in [3.8, 4) is 0 Å². The summed E-state index contributed by atoms with van der Waals surface area (Å²) >= 11 is 0. The number of benzene rings is 1. The minimum absolute atomic E-state index is 0.304. The molecule has 0 fully saturated rings. The van der Waals surface area contributed by atoms with Crippen LogP contribution < -0.4 is 5.32 Å². The number of hydrogen-bond donors (Lipinski definition) is 1. The Balaban J connectivity index is 2.64. The highest BCUT2D eigenvalue weighted by Gasteiger charge is 2.14. The van der Waals surface area contributed by atoms with Crippen molar-refractivity contribution in [2.45, 2.75) is 59.9 Å². The number of hydrogen-bond acceptors (Lipinski definition) is 2. The molecule has 0 saturated heterocycles. The molecule has 1 N–H and O–H groups in total. The molecule has 0 saturated carbocycles. The van der Waals surface area contributed by atoms with E-state index >= 15 is 0 Å². The molecular formula is C19H33NO. The van der Waals surface area contributed by atoms with Gasteiger partial charge < -0.3 is 10.1 Å². The summed E-state index contributed by atoms with van der Waals surface area (Å²) in [6.45, 7) is 13.7. The van der Waals surface area contributed by atoms with Crippen molar-refractivity contribution in [1.29, 1.82) is 0 Å². The van der Waals surface area contributed by atoms with Crippen LogP contribution in [0, 0.1) is 19.8 Å². The average Bonchev–Trinajstić information content (AvgIpc) is 2.45. The van der Waals surface area contributed by atoms with Gasteiger partial charge in [-0.2, -0.15) is 0 Å². The maximum Gasteiger partial charge on any atom is 0.0661 e. The molecule has 0 aliphatic rings. The number of ether oxygens (including phenoxy) is 1. The molecule has 0 radical (unpaired) electrons. The van der Waals surface area contributed by atoms with E-state index in [0.717, 1.165) is 26.2 Å². The Morgan fingerprint density at radius 3 is 2.52 bits per heavy atom. The summed E-state index contributed by atoms with van der Waals surface area (Å²) in [5.74, 6) is 0.653. The number of nitrogens with one attached hydrogen (secondary N) is 1. The van der Waals surface area contributed by atoms with Gasteiger partial charge in [-0.05, 0) is 50.3 Å². The fourth-order valence-corrected chi connectivity index (χ4v) is 2.68. The van der Waals surface area contributed by atoms with Crippen LogP contribution in [0.4, 0.5) is 0 Å². The first-order valence-corrected chi connectivity index (χ1v) is 8.46. The Labute approximate surface area is 131 Å². The molecule has 2 heteroatoms. The molecule has 0 spiro atoms. The highest BCUT2D eigenvalue weighted by atomic mass is 16.5. The fraction of sp³-hybridized carbons (Fsp3) is 0.684. The lowest BCUT2D eigenvalue weighted by atomic mass is 9.99. The minimum atomic E-state index is 0.304. The van der Waals surface area contributed by atoms with E-state index in [-0.39, 0.29) is 0 Å². The van der Waals surface area contributed by atoms with E-state index in [1.165, 1.54) is 29.5 Å². The second kappa shape index (κ2) is 9.97. The summed E-state index contributed by atoms with van der Waals surface area (Å²) in [5.41, 5.74) is 4.05. The fourth-order valence-electron chi connectivity index (χ4n) is 2.68. The lowest BCUT2D eigenvalue weighted by Gasteiger charge is -2.22. The molecule has 21 heavy (non-hydrogen) atoms. The molecule has 2 unspecified atom stereocenters. The molecule has 1 aromatic rings. The lowest BCUT2D eigenvalue weighted by Crippen LogP contribution is -2.28. The van der Waals surface area contributed by atoms with Gasteiger partial charge in [-0.3, -0.25) is 0 Å². The predicted molar refractivity (Wildman–Crippen MR) is 91.8 cm³/mol. The van der Waals surface area contributed by atoms with Gasteiger partial charge in [0.2, 0.25) is 0 Å². The van der Waals surface area contributed by atoms with E-state index in [4.69, 9.17) is 4.74 Å². The largest absolute Gasteiger partial charge is 0.379 e. The molecule has 0 heterocycles. The van der Waals surface area contributed by atoms with E-state index in [1.54, 1.807) is 0 Å². The Kier molecular flexibility index (Phi) is 8.63. The molecule has 2 nitrogen and oxygen atoms in total. The van der Waals surface area contributed by atoms with Gasteiger partial charge in [0.1, 0.15) is 0 Å². The van der Waals surface area contributed by atoms with Crippen LogP contribution in [0.25, 0.3) is 0 Å². The van der Waals surface area contributed by atoms with Gasteiger partial charge in [-0.1, -0.05) is 51.0 Å². The van der Waals surface area contributed by atoms with Crippen molar-refractivity contribution in [1.82, 2.24) is 5.32 Å². The van der Waals surface area contributed by atoms with Gasteiger partial charge in [0, 0.05) is 6.61 Å². The normalized spacial score (nSPS) is 14.1. The van der Waals surface area contributed by atoms with Crippen LogP contribution in [-0.2, 0) is 4.74 Å². The van der Waals surface area contributed by atoms with Gasteiger partial charge in [-0.25, -0.2) is 0 Å². The second-order valence-corrected chi connectivity index (χ2v) is 6.30. The molecule has 0 aliphatic carbocycles. The van der Waals surface area contributed by atoms with Gasteiger partial charge in [0.15, 0.2) is 0 Å². The van der Waals surface area contributed by atoms with Crippen LogP contribution in [0.1, 0.15) is 62.8 Å². The molecule has 120 valence electrons. The third-order valence-corrected chi connectivity index (χ3v) is 3.92. The smallest absolute Gasteiger partial charge is 0.0661 e. The number of aryl methyl sites for hydroxylation is 2. The zero-order chi connectivity index (χ0) is 15.7. The van der Waals surface area contributed by atoms with E-state index in [0.29, 0.717) is 12.0 Å². The van der Waals surface area contributed by atoms with Crippen molar-refractivity contribution in [3.05, 3.63) is 34.9 Å². The summed E-state index contributed by atoms with van der Waals surface area (Å²) < 4.78 is 5.99. The van der Waals surface area contributed by atoms with Crippen LogP contribution >= 0.6 is 0 Å². The molecule has 0 aromatic heterocycles. The molecule has 1 aromatic carbocycles. The van der Waals surface area contributed by atoms with Crippen LogP contribution in [0.2, 0.25) is 0 Å². The monoisotopic (exact) mass is 291 g/mol. The van der Waals surface area contributed by atoms with Gasteiger partial charge in [-0.15, -0.1) is 0 Å². The van der Waals surface area contributed by atoms with E-state index in [9.17, 15) is 0 Å². The van der Waals surface area contributed by atoms with Crippen molar-refractivity contribution in [2.75, 3.05) is 19.8 Å². The van der Waals surface area contributed by atoms with Crippen molar-refractivity contribution in [3.63, 3.8) is 0 Å². The standard InChI is InChI=1S/C19H33NO/c1-6-8-16(4)13-21-14-19(20-11-7-2)18-12-15(3)9-10-17(18)5/h9-10,12,16,19-20H,6-8,11,13-14H2,1-5H3. The molecule has 2 atom stereocenters. The SMILES string of the molecule is CCCNC(COCC(C)CCC)c1cc(C)ccc1C. The summed E-state index contributed by atoms with van der Waals surface area (Å²) in [6, 6.07) is 6.99. The summed E-state index contributed by atoms with van der Waals surface area (Å²) in [5, 5.41) is 3.63. The average molecular weight is 291 g/mol. The molecule has 1 rings (SSSR count). The first kappa shape index (κ1) is 18.2. The Bertz CT molecular complexity index is 403. The third-order valence-electron chi connectivity index (χ3n) is 3.92. The van der Waals surface area contributed by atoms with Crippen LogP contribution in [0.5, 0.6) is 0 Å². The maximum atomic E-state index is 5.99.